The standard InChI is InChI=1S/C29H25NP2/c1-3-13-24-21(10-1)28-19(8-5-15-26(28)31-24)18-20-9-7-17-30(20)23-12-6-16-27-29(23)22-11-2-4-14-25(22)32-27/h1-6,8,10-16,20,31-32H,7,9,17-18H2. The second-order valence-electron chi connectivity index (χ2n) is 9.07. The lowest BCUT2D eigenvalue weighted by Crippen LogP contribution is -2.31. The number of anilines is 1. The lowest BCUT2D eigenvalue weighted by atomic mass is 9.98. The number of hydrogen-bond acceptors (Lipinski definition) is 1. The first-order valence-corrected chi connectivity index (χ1v) is 13.6. The summed E-state index contributed by atoms with van der Waals surface area (Å²) in [5, 5.41) is 12.0. The van der Waals surface area contributed by atoms with E-state index in [-0.39, 0.29) is 0 Å². The second kappa shape index (κ2) is 7.41. The van der Waals surface area contributed by atoms with Crippen LogP contribution in [0.15, 0.2) is 84.9 Å². The molecule has 1 aliphatic heterocycles. The molecule has 0 radical (unpaired) electrons. The second-order valence-corrected chi connectivity index (χ2v) is 11.7. The zero-order chi connectivity index (χ0) is 21.1. The molecular formula is C29H25NP2. The monoisotopic (exact) mass is 449 g/mol. The normalized spacial score (nSPS) is 17.2. The first-order valence-electron chi connectivity index (χ1n) is 11.6. The van der Waals surface area contributed by atoms with Gasteiger partial charge in [-0.05, 0) is 62.4 Å². The third kappa shape index (κ3) is 2.85. The van der Waals surface area contributed by atoms with Gasteiger partial charge in [0.25, 0.3) is 0 Å². The average Bonchev–Trinajstić information content (AvgIpc) is 3.54. The molecule has 1 saturated heterocycles. The number of rotatable bonds is 3. The zero-order valence-corrected chi connectivity index (χ0v) is 19.9. The Hall–Kier alpha value is -2.72. The molecule has 3 atom stereocenters. The van der Waals surface area contributed by atoms with E-state index in [4.69, 9.17) is 0 Å². The molecule has 156 valence electrons. The lowest BCUT2D eigenvalue weighted by Gasteiger charge is -2.28. The molecule has 0 N–H and O–H groups in total. The number of fused-ring (bicyclic) bond motifs is 6. The van der Waals surface area contributed by atoms with Crippen molar-refractivity contribution in [3.05, 3.63) is 90.5 Å². The highest BCUT2D eigenvalue weighted by Crippen LogP contribution is 2.45. The van der Waals surface area contributed by atoms with E-state index in [0.717, 1.165) is 22.8 Å². The summed E-state index contributed by atoms with van der Waals surface area (Å²) in [5.41, 5.74) is 2.99. The van der Waals surface area contributed by atoms with Gasteiger partial charge in [0.2, 0.25) is 0 Å². The van der Waals surface area contributed by atoms with Crippen molar-refractivity contribution in [2.45, 2.75) is 25.3 Å². The molecular weight excluding hydrogens is 424 g/mol. The van der Waals surface area contributed by atoms with Gasteiger partial charge in [0, 0.05) is 28.8 Å². The Bertz CT molecular complexity index is 1610. The fourth-order valence-electron chi connectivity index (χ4n) is 5.89. The van der Waals surface area contributed by atoms with Crippen molar-refractivity contribution in [1.29, 1.82) is 0 Å². The molecule has 0 saturated carbocycles. The molecule has 3 heterocycles. The summed E-state index contributed by atoms with van der Waals surface area (Å²) in [7, 11) is 1.59. The van der Waals surface area contributed by atoms with Crippen molar-refractivity contribution in [3.8, 4) is 0 Å². The molecule has 6 aromatic rings. The van der Waals surface area contributed by atoms with Gasteiger partial charge >= 0.3 is 0 Å². The Morgan fingerprint density at radius 3 is 2.06 bits per heavy atom. The van der Waals surface area contributed by atoms with Crippen LogP contribution in [0.25, 0.3) is 42.0 Å². The minimum Gasteiger partial charge on any atom is -0.368 e. The topological polar surface area (TPSA) is 3.24 Å². The lowest BCUT2D eigenvalue weighted by molar-refractivity contribution is 0.667. The maximum Gasteiger partial charge on any atom is 0.0458 e. The van der Waals surface area contributed by atoms with Gasteiger partial charge in [0.1, 0.15) is 0 Å². The zero-order valence-electron chi connectivity index (χ0n) is 17.9. The van der Waals surface area contributed by atoms with E-state index in [0.29, 0.717) is 6.04 Å². The maximum absolute atomic E-state index is 2.73. The van der Waals surface area contributed by atoms with Crippen LogP contribution in [0, 0.1) is 0 Å². The highest BCUT2D eigenvalue weighted by atomic mass is 31.0. The van der Waals surface area contributed by atoms with Gasteiger partial charge in [-0.1, -0.05) is 78.9 Å². The molecule has 3 unspecified atom stereocenters. The quantitative estimate of drug-likeness (QED) is 0.262. The Morgan fingerprint density at radius 2 is 1.28 bits per heavy atom. The summed E-state index contributed by atoms with van der Waals surface area (Å²) in [5.74, 6) is 0. The van der Waals surface area contributed by atoms with Gasteiger partial charge in [0.05, 0.1) is 0 Å². The third-order valence-electron chi connectivity index (χ3n) is 7.27. The largest absolute Gasteiger partial charge is 0.368 e. The van der Waals surface area contributed by atoms with Crippen molar-refractivity contribution in [1.82, 2.24) is 0 Å². The van der Waals surface area contributed by atoms with Gasteiger partial charge < -0.3 is 4.90 Å². The van der Waals surface area contributed by atoms with Crippen molar-refractivity contribution in [3.63, 3.8) is 0 Å². The predicted octanol–water partition coefficient (Wildman–Crippen LogP) is 8.57. The molecule has 32 heavy (non-hydrogen) atoms. The molecule has 0 bridgehead atoms. The number of nitrogens with zero attached hydrogens (tertiary/aromatic N) is 1. The van der Waals surface area contributed by atoms with Crippen molar-refractivity contribution >= 4 is 64.1 Å². The molecule has 1 aliphatic rings. The molecule has 0 amide bonds. The minimum absolute atomic E-state index is 0.570. The van der Waals surface area contributed by atoms with Gasteiger partial charge in [-0.25, -0.2) is 0 Å². The summed E-state index contributed by atoms with van der Waals surface area (Å²) in [6.45, 7) is 1.17. The van der Waals surface area contributed by atoms with E-state index in [1.807, 2.05) is 0 Å². The Morgan fingerprint density at radius 1 is 0.656 bits per heavy atom. The fraction of sp³-hybridized carbons (Fsp3) is 0.172. The van der Waals surface area contributed by atoms with Crippen LogP contribution in [-0.4, -0.2) is 12.6 Å². The Balaban J connectivity index is 1.34. The molecule has 1 nitrogen and oxygen atoms in total. The van der Waals surface area contributed by atoms with E-state index in [1.54, 1.807) is 0 Å². The molecule has 3 heteroatoms. The Labute approximate surface area is 191 Å². The van der Waals surface area contributed by atoms with Crippen LogP contribution in [0.3, 0.4) is 0 Å². The van der Waals surface area contributed by atoms with Crippen LogP contribution in [0.2, 0.25) is 0 Å². The first-order chi connectivity index (χ1) is 15.9. The molecule has 0 spiro atoms. The smallest absolute Gasteiger partial charge is 0.0458 e. The molecule has 2 aromatic heterocycles. The van der Waals surface area contributed by atoms with Crippen molar-refractivity contribution in [2.24, 2.45) is 0 Å². The van der Waals surface area contributed by atoms with Crippen LogP contribution < -0.4 is 4.90 Å². The highest BCUT2D eigenvalue weighted by molar-refractivity contribution is 7.44. The predicted molar refractivity (Wildman–Crippen MR) is 146 cm³/mol. The van der Waals surface area contributed by atoms with Gasteiger partial charge in [-0.2, -0.15) is 0 Å². The maximum atomic E-state index is 2.73. The van der Waals surface area contributed by atoms with E-state index in [9.17, 15) is 0 Å². The van der Waals surface area contributed by atoms with Crippen LogP contribution in [0.1, 0.15) is 18.4 Å². The van der Waals surface area contributed by atoms with Gasteiger partial charge in [-0.15, -0.1) is 16.4 Å². The fourth-order valence-corrected chi connectivity index (χ4v) is 8.68. The molecule has 1 fully saturated rings. The summed E-state index contributed by atoms with van der Waals surface area (Å²) in [4.78, 5) is 2.73. The van der Waals surface area contributed by atoms with E-state index >= 15 is 0 Å². The summed E-state index contributed by atoms with van der Waals surface area (Å²) in [6.07, 6.45) is 3.70. The molecule has 7 rings (SSSR count). The van der Waals surface area contributed by atoms with Crippen LogP contribution in [0.4, 0.5) is 5.69 Å². The van der Waals surface area contributed by atoms with Crippen LogP contribution in [0.5, 0.6) is 0 Å². The first kappa shape index (κ1) is 18.8. The summed E-state index contributed by atoms with van der Waals surface area (Å²) in [6, 6.07) is 32.6. The van der Waals surface area contributed by atoms with Crippen molar-refractivity contribution < 1.29 is 0 Å². The third-order valence-corrected chi connectivity index (χ3v) is 10.0. The SMILES string of the molecule is c1ccc2c(c1)[pH]c1cccc(CC3CCCN3c3cccc4[pH]c5ccccc5c34)c12. The van der Waals surface area contributed by atoms with Gasteiger partial charge in [0.15, 0.2) is 0 Å². The minimum atomic E-state index is 0.570. The summed E-state index contributed by atoms with van der Waals surface area (Å²) >= 11 is 0. The van der Waals surface area contributed by atoms with Crippen LogP contribution in [-0.2, 0) is 6.42 Å². The van der Waals surface area contributed by atoms with Crippen molar-refractivity contribution in [2.75, 3.05) is 11.4 Å². The van der Waals surface area contributed by atoms with Gasteiger partial charge in [-0.3, -0.25) is 0 Å². The molecule has 4 aromatic carbocycles. The number of benzene rings is 4. The van der Waals surface area contributed by atoms with Crippen LogP contribution >= 0.6 is 16.4 Å². The molecule has 0 aliphatic carbocycles. The summed E-state index contributed by atoms with van der Waals surface area (Å²) < 4.78 is 0. The van der Waals surface area contributed by atoms with E-state index in [2.05, 4.69) is 89.8 Å². The average molecular weight is 449 g/mol. The highest BCUT2D eigenvalue weighted by Gasteiger charge is 2.27. The number of hydrogen-bond donors (Lipinski definition) is 0. The van der Waals surface area contributed by atoms with E-state index in [1.165, 1.54) is 72.7 Å². The van der Waals surface area contributed by atoms with E-state index < -0.39 is 0 Å². The Kier molecular flexibility index (Phi) is 4.36.